The second kappa shape index (κ2) is 10.4. The van der Waals surface area contributed by atoms with E-state index in [1.807, 2.05) is 0 Å². The Balaban J connectivity index is 2.05. The first-order chi connectivity index (χ1) is 13.9. The number of anilines is 1. The number of carbonyl (C=O) groups excluding carboxylic acids is 1. The Kier molecular flexibility index (Phi) is 7.99. The fourth-order valence-corrected chi connectivity index (χ4v) is 3.53. The van der Waals surface area contributed by atoms with Crippen LogP contribution < -0.4 is 19.5 Å². The Morgan fingerprint density at radius 3 is 2.41 bits per heavy atom. The summed E-state index contributed by atoms with van der Waals surface area (Å²) in [5.41, 5.74) is 1.54. The lowest BCUT2D eigenvalue weighted by Crippen LogP contribution is -2.25. The molecule has 8 heteroatoms. The molecule has 2 aromatic rings. The van der Waals surface area contributed by atoms with Gasteiger partial charge in [-0.05, 0) is 35.9 Å². The summed E-state index contributed by atoms with van der Waals surface area (Å²) in [6.07, 6.45) is 3.09. The second-order valence-electron chi connectivity index (χ2n) is 6.01. The molecule has 0 fully saturated rings. The van der Waals surface area contributed by atoms with Crippen molar-refractivity contribution in [2.24, 2.45) is 0 Å². The van der Waals surface area contributed by atoms with Gasteiger partial charge in [-0.1, -0.05) is 30.9 Å². The minimum atomic E-state index is -3.43. The summed E-state index contributed by atoms with van der Waals surface area (Å²) in [7, 11) is -1.94. The van der Waals surface area contributed by atoms with Crippen LogP contribution in [0.5, 0.6) is 11.5 Å². The number of amides is 1. The van der Waals surface area contributed by atoms with Crippen LogP contribution in [0.1, 0.15) is 15.9 Å². The highest BCUT2D eigenvalue weighted by Crippen LogP contribution is 2.28. The average molecular weight is 416 g/mol. The third kappa shape index (κ3) is 6.78. The molecular formula is C21H24N2O5S. The molecule has 2 N–H and O–H groups in total. The Morgan fingerprint density at radius 2 is 1.79 bits per heavy atom. The van der Waals surface area contributed by atoms with Crippen molar-refractivity contribution in [3.63, 3.8) is 0 Å². The molecule has 0 radical (unpaired) electrons. The molecule has 2 rings (SSSR count). The van der Waals surface area contributed by atoms with E-state index in [4.69, 9.17) is 9.47 Å². The second-order valence-corrected chi connectivity index (χ2v) is 7.82. The van der Waals surface area contributed by atoms with Crippen LogP contribution in [-0.2, 0) is 15.8 Å². The SMILES string of the molecule is C=CCNS(=O)(=O)Cc1ccc(NC(=O)c2ccc(OCC=C)c(OC)c2)cc1. The maximum absolute atomic E-state index is 12.5. The predicted molar refractivity (Wildman–Crippen MR) is 114 cm³/mol. The molecule has 0 saturated heterocycles. The van der Waals surface area contributed by atoms with E-state index in [0.717, 1.165) is 0 Å². The summed E-state index contributed by atoms with van der Waals surface area (Å²) in [6, 6.07) is 11.5. The molecule has 0 aliphatic carbocycles. The highest BCUT2D eigenvalue weighted by Gasteiger charge is 2.13. The highest BCUT2D eigenvalue weighted by molar-refractivity contribution is 7.88. The van der Waals surface area contributed by atoms with Gasteiger partial charge in [0.2, 0.25) is 10.0 Å². The fourth-order valence-electron chi connectivity index (χ4n) is 2.42. The van der Waals surface area contributed by atoms with Crippen molar-refractivity contribution in [3.05, 3.63) is 78.9 Å². The van der Waals surface area contributed by atoms with Crippen LogP contribution in [-0.4, -0.2) is 34.6 Å². The Hall–Kier alpha value is -3.10. The van der Waals surface area contributed by atoms with Crippen LogP contribution >= 0.6 is 0 Å². The first-order valence-electron chi connectivity index (χ1n) is 8.78. The van der Waals surface area contributed by atoms with E-state index < -0.39 is 10.0 Å². The minimum absolute atomic E-state index is 0.154. The number of benzene rings is 2. The van der Waals surface area contributed by atoms with Crippen LogP contribution in [0.4, 0.5) is 5.69 Å². The molecule has 29 heavy (non-hydrogen) atoms. The normalized spacial score (nSPS) is 10.8. The van der Waals surface area contributed by atoms with Crippen LogP contribution in [0.25, 0.3) is 0 Å². The van der Waals surface area contributed by atoms with Crippen LogP contribution in [0.2, 0.25) is 0 Å². The van der Waals surface area contributed by atoms with Crippen molar-refractivity contribution in [1.29, 1.82) is 0 Å². The lowest BCUT2D eigenvalue weighted by Gasteiger charge is -2.11. The van der Waals surface area contributed by atoms with Gasteiger partial charge in [0.1, 0.15) is 6.61 Å². The van der Waals surface area contributed by atoms with E-state index in [-0.39, 0.29) is 18.2 Å². The summed E-state index contributed by atoms with van der Waals surface area (Å²) >= 11 is 0. The van der Waals surface area contributed by atoms with Crippen molar-refractivity contribution in [3.8, 4) is 11.5 Å². The van der Waals surface area contributed by atoms with Crippen LogP contribution in [0.3, 0.4) is 0 Å². The molecule has 7 nitrogen and oxygen atoms in total. The van der Waals surface area contributed by atoms with Gasteiger partial charge in [-0.2, -0.15) is 0 Å². The zero-order valence-electron chi connectivity index (χ0n) is 16.2. The lowest BCUT2D eigenvalue weighted by atomic mass is 10.1. The van der Waals surface area contributed by atoms with Gasteiger partial charge in [-0.15, -0.1) is 6.58 Å². The Morgan fingerprint density at radius 1 is 1.07 bits per heavy atom. The van der Waals surface area contributed by atoms with Crippen molar-refractivity contribution in [2.45, 2.75) is 5.75 Å². The number of hydrogen-bond acceptors (Lipinski definition) is 5. The topological polar surface area (TPSA) is 93.7 Å². The van der Waals surface area contributed by atoms with E-state index in [1.54, 1.807) is 48.5 Å². The molecule has 0 saturated carbocycles. The van der Waals surface area contributed by atoms with Crippen LogP contribution in [0.15, 0.2) is 67.8 Å². The van der Waals surface area contributed by atoms with E-state index in [1.165, 1.54) is 13.2 Å². The minimum Gasteiger partial charge on any atom is -0.493 e. The quantitative estimate of drug-likeness (QED) is 0.549. The van der Waals surface area contributed by atoms with Gasteiger partial charge in [0, 0.05) is 17.8 Å². The summed E-state index contributed by atoms with van der Waals surface area (Å²) in [5, 5.41) is 2.77. The number of methoxy groups -OCH3 is 1. The van der Waals surface area contributed by atoms with E-state index in [2.05, 4.69) is 23.2 Å². The van der Waals surface area contributed by atoms with Crippen molar-refractivity contribution in [2.75, 3.05) is 25.6 Å². The van der Waals surface area contributed by atoms with Gasteiger partial charge >= 0.3 is 0 Å². The molecular weight excluding hydrogens is 392 g/mol. The smallest absolute Gasteiger partial charge is 0.255 e. The first kappa shape index (κ1) is 22.2. The molecule has 0 aliphatic heterocycles. The molecule has 0 bridgehead atoms. The Labute approximate surface area is 171 Å². The van der Waals surface area contributed by atoms with Gasteiger partial charge in [-0.3, -0.25) is 4.79 Å². The van der Waals surface area contributed by atoms with Gasteiger partial charge in [0.15, 0.2) is 11.5 Å². The molecule has 154 valence electrons. The maximum Gasteiger partial charge on any atom is 0.255 e. The zero-order chi connectivity index (χ0) is 21.3. The summed E-state index contributed by atoms with van der Waals surface area (Å²) < 4.78 is 37.0. The molecule has 0 heterocycles. The summed E-state index contributed by atoms with van der Waals surface area (Å²) in [4.78, 5) is 12.5. The lowest BCUT2D eigenvalue weighted by molar-refractivity contribution is 0.102. The van der Waals surface area contributed by atoms with E-state index in [9.17, 15) is 13.2 Å². The van der Waals surface area contributed by atoms with Gasteiger partial charge < -0.3 is 14.8 Å². The molecule has 0 aromatic heterocycles. The molecule has 0 aliphatic rings. The molecule has 0 unspecified atom stereocenters. The number of sulfonamides is 1. The molecule has 2 aromatic carbocycles. The fraction of sp³-hybridized carbons (Fsp3) is 0.190. The van der Waals surface area contributed by atoms with Crippen molar-refractivity contribution >= 4 is 21.6 Å². The number of hydrogen-bond donors (Lipinski definition) is 2. The first-order valence-corrected chi connectivity index (χ1v) is 10.4. The van der Waals surface area contributed by atoms with E-state index in [0.29, 0.717) is 34.9 Å². The van der Waals surface area contributed by atoms with E-state index >= 15 is 0 Å². The molecule has 1 amide bonds. The van der Waals surface area contributed by atoms with Crippen molar-refractivity contribution < 1.29 is 22.7 Å². The van der Waals surface area contributed by atoms with Crippen molar-refractivity contribution in [1.82, 2.24) is 4.72 Å². The van der Waals surface area contributed by atoms with Gasteiger partial charge in [-0.25, -0.2) is 13.1 Å². The Bertz CT molecular complexity index is 969. The zero-order valence-corrected chi connectivity index (χ0v) is 17.0. The number of rotatable bonds is 11. The highest BCUT2D eigenvalue weighted by atomic mass is 32.2. The van der Waals surface area contributed by atoms with Gasteiger partial charge in [0.25, 0.3) is 5.91 Å². The maximum atomic E-state index is 12.5. The average Bonchev–Trinajstić information content (AvgIpc) is 2.71. The third-order valence-corrected chi connectivity index (χ3v) is 5.12. The standard InChI is InChI=1S/C21H24N2O5S/c1-4-12-22-29(25,26)15-16-6-9-18(10-7-16)23-21(24)17-8-11-19(28-13-5-2)20(14-17)27-3/h4-11,14,22H,1-2,12-13,15H2,3H3,(H,23,24). The number of ether oxygens (including phenoxy) is 2. The number of carbonyl (C=O) groups is 1. The monoisotopic (exact) mass is 416 g/mol. The largest absolute Gasteiger partial charge is 0.493 e. The summed E-state index contributed by atoms with van der Waals surface area (Å²) in [5.74, 6) is 0.469. The molecule has 0 atom stereocenters. The van der Waals surface area contributed by atoms with Crippen LogP contribution in [0, 0.1) is 0 Å². The summed E-state index contributed by atoms with van der Waals surface area (Å²) in [6.45, 7) is 7.57. The van der Waals surface area contributed by atoms with Gasteiger partial charge in [0.05, 0.1) is 12.9 Å². The number of nitrogens with one attached hydrogen (secondary N) is 2. The molecule has 0 spiro atoms. The predicted octanol–water partition coefficient (Wildman–Crippen LogP) is 3.12. The third-order valence-electron chi connectivity index (χ3n) is 3.80.